The van der Waals surface area contributed by atoms with Gasteiger partial charge in [0.05, 0.1) is 11.2 Å². The minimum atomic E-state index is -3.29. The number of aliphatic carboxylic acids is 1. The Balaban J connectivity index is 2.65. The van der Waals surface area contributed by atoms with Crippen LogP contribution in [0.3, 0.4) is 0 Å². The molecule has 1 aliphatic rings. The zero-order valence-electron chi connectivity index (χ0n) is 8.82. The molecule has 0 saturated heterocycles. The molecular formula is C9H17NO4S. The van der Waals surface area contributed by atoms with E-state index < -0.39 is 21.4 Å². The fourth-order valence-corrected chi connectivity index (χ4v) is 2.57. The Labute approximate surface area is 89.9 Å². The van der Waals surface area contributed by atoms with Gasteiger partial charge in [-0.3, -0.25) is 4.79 Å². The molecule has 88 valence electrons. The number of hydrogen-bond donors (Lipinski definition) is 2. The van der Waals surface area contributed by atoms with E-state index in [0.29, 0.717) is 12.8 Å². The minimum Gasteiger partial charge on any atom is -0.481 e. The molecule has 1 fully saturated rings. The highest BCUT2D eigenvalue weighted by Crippen LogP contribution is 2.37. The smallest absolute Gasteiger partial charge is 0.310 e. The maximum absolute atomic E-state index is 11.2. The van der Waals surface area contributed by atoms with Gasteiger partial charge in [-0.25, -0.2) is 13.1 Å². The lowest BCUT2D eigenvalue weighted by Crippen LogP contribution is -2.41. The summed E-state index contributed by atoms with van der Waals surface area (Å²) in [7, 11) is -3.29. The predicted molar refractivity (Wildman–Crippen MR) is 56.0 cm³/mol. The summed E-state index contributed by atoms with van der Waals surface area (Å²) in [5, 5.41) is 9.10. The summed E-state index contributed by atoms with van der Waals surface area (Å²) >= 11 is 0. The van der Waals surface area contributed by atoms with Crippen molar-refractivity contribution in [1.82, 2.24) is 4.72 Å². The van der Waals surface area contributed by atoms with Crippen LogP contribution in [-0.2, 0) is 14.8 Å². The Morgan fingerprint density at radius 2 is 1.93 bits per heavy atom. The van der Waals surface area contributed by atoms with E-state index >= 15 is 0 Å². The van der Waals surface area contributed by atoms with E-state index in [1.54, 1.807) is 0 Å². The molecule has 0 aliphatic heterocycles. The molecule has 0 amide bonds. The molecule has 0 heterocycles. The van der Waals surface area contributed by atoms with Crippen LogP contribution in [0.4, 0.5) is 0 Å². The van der Waals surface area contributed by atoms with Gasteiger partial charge in [0, 0.05) is 6.54 Å². The molecule has 0 aromatic carbocycles. The van der Waals surface area contributed by atoms with Crippen molar-refractivity contribution in [2.45, 2.75) is 32.6 Å². The molecule has 1 saturated carbocycles. The Morgan fingerprint density at radius 3 is 2.33 bits per heavy atom. The zero-order valence-corrected chi connectivity index (χ0v) is 9.64. The molecule has 5 nitrogen and oxygen atoms in total. The van der Waals surface area contributed by atoms with Gasteiger partial charge < -0.3 is 5.11 Å². The molecule has 0 unspecified atom stereocenters. The first-order valence-electron chi connectivity index (χ1n) is 5.13. The van der Waals surface area contributed by atoms with Gasteiger partial charge in [-0.15, -0.1) is 0 Å². The first-order valence-corrected chi connectivity index (χ1v) is 6.78. The molecule has 0 aromatic heterocycles. The highest BCUT2D eigenvalue weighted by atomic mass is 32.2. The molecule has 0 atom stereocenters. The van der Waals surface area contributed by atoms with E-state index in [1.807, 2.05) is 0 Å². The molecular weight excluding hydrogens is 218 g/mol. The summed E-state index contributed by atoms with van der Waals surface area (Å²) in [6.07, 6.45) is 2.85. The average Bonchev–Trinajstić information content (AvgIpc) is 2.65. The van der Waals surface area contributed by atoms with Gasteiger partial charge in [-0.1, -0.05) is 12.8 Å². The SMILES string of the molecule is CCS(=O)(=O)NCC1(C(=O)O)CCCC1. The molecule has 0 aromatic rings. The lowest BCUT2D eigenvalue weighted by atomic mass is 9.87. The lowest BCUT2D eigenvalue weighted by Gasteiger charge is -2.23. The van der Waals surface area contributed by atoms with Gasteiger partial charge in [0.1, 0.15) is 0 Å². The van der Waals surface area contributed by atoms with E-state index in [-0.39, 0.29) is 12.3 Å². The van der Waals surface area contributed by atoms with Gasteiger partial charge in [0.15, 0.2) is 0 Å². The number of carboxylic acid groups (broad SMARTS) is 1. The quantitative estimate of drug-likeness (QED) is 0.729. The first-order chi connectivity index (χ1) is 6.92. The largest absolute Gasteiger partial charge is 0.481 e. The van der Waals surface area contributed by atoms with Crippen LogP contribution in [0.2, 0.25) is 0 Å². The molecule has 6 heteroatoms. The minimum absolute atomic E-state index is 0.0112. The molecule has 0 spiro atoms. The van der Waals surface area contributed by atoms with Crippen molar-refractivity contribution in [3.8, 4) is 0 Å². The highest BCUT2D eigenvalue weighted by Gasteiger charge is 2.41. The van der Waals surface area contributed by atoms with E-state index in [4.69, 9.17) is 5.11 Å². The van der Waals surface area contributed by atoms with E-state index in [2.05, 4.69) is 4.72 Å². The van der Waals surface area contributed by atoms with Crippen molar-refractivity contribution in [1.29, 1.82) is 0 Å². The summed E-state index contributed by atoms with van der Waals surface area (Å²) in [4.78, 5) is 11.1. The Kier molecular flexibility index (Phi) is 3.72. The molecule has 15 heavy (non-hydrogen) atoms. The van der Waals surface area contributed by atoms with Crippen LogP contribution in [0, 0.1) is 5.41 Å². The van der Waals surface area contributed by atoms with Crippen LogP contribution in [-0.4, -0.2) is 31.8 Å². The fourth-order valence-electron chi connectivity index (χ4n) is 1.87. The van der Waals surface area contributed by atoms with Crippen molar-refractivity contribution < 1.29 is 18.3 Å². The third-order valence-electron chi connectivity index (χ3n) is 3.02. The van der Waals surface area contributed by atoms with Gasteiger partial charge in [-0.05, 0) is 19.8 Å². The van der Waals surface area contributed by atoms with Gasteiger partial charge in [0.2, 0.25) is 10.0 Å². The number of nitrogens with one attached hydrogen (secondary N) is 1. The molecule has 0 bridgehead atoms. The normalized spacial score (nSPS) is 20.3. The lowest BCUT2D eigenvalue weighted by molar-refractivity contribution is -0.148. The monoisotopic (exact) mass is 235 g/mol. The Bertz CT molecular complexity index is 330. The second-order valence-corrected chi connectivity index (χ2v) is 6.11. The van der Waals surface area contributed by atoms with Crippen molar-refractivity contribution in [3.63, 3.8) is 0 Å². The van der Waals surface area contributed by atoms with Crippen LogP contribution in [0.1, 0.15) is 32.6 Å². The van der Waals surface area contributed by atoms with Crippen LogP contribution >= 0.6 is 0 Å². The van der Waals surface area contributed by atoms with Crippen LogP contribution in [0.5, 0.6) is 0 Å². The summed E-state index contributed by atoms with van der Waals surface area (Å²) in [6, 6.07) is 0. The summed E-state index contributed by atoms with van der Waals surface area (Å²) < 4.78 is 24.8. The number of rotatable bonds is 5. The predicted octanol–water partition coefficient (Wildman–Crippen LogP) is 0.571. The van der Waals surface area contributed by atoms with E-state index in [0.717, 1.165) is 12.8 Å². The topological polar surface area (TPSA) is 83.5 Å². The Morgan fingerprint density at radius 1 is 1.40 bits per heavy atom. The molecule has 1 aliphatic carbocycles. The second kappa shape index (κ2) is 4.49. The highest BCUT2D eigenvalue weighted by molar-refractivity contribution is 7.89. The van der Waals surface area contributed by atoms with Gasteiger partial charge in [-0.2, -0.15) is 0 Å². The van der Waals surface area contributed by atoms with Crippen LogP contribution in [0.15, 0.2) is 0 Å². The summed E-state index contributed by atoms with van der Waals surface area (Å²) in [5.41, 5.74) is -0.873. The Hall–Kier alpha value is -0.620. The van der Waals surface area contributed by atoms with Crippen molar-refractivity contribution in [2.24, 2.45) is 5.41 Å². The number of carboxylic acids is 1. The number of hydrogen-bond acceptors (Lipinski definition) is 3. The van der Waals surface area contributed by atoms with E-state index in [1.165, 1.54) is 6.92 Å². The maximum atomic E-state index is 11.2. The summed E-state index contributed by atoms with van der Waals surface area (Å²) in [5.74, 6) is -0.901. The zero-order chi connectivity index (χ0) is 11.5. The van der Waals surface area contributed by atoms with Crippen LogP contribution in [0.25, 0.3) is 0 Å². The fraction of sp³-hybridized carbons (Fsp3) is 0.889. The van der Waals surface area contributed by atoms with Gasteiger partial charge in [0.25, 0.3) is 0 Å². The maximum Gasteiger partial charge on any atom is 0.310 e. The standard InChI is InChI=1S/C9H17NO4S/c1-2-15(13,14)10-7-9(8(11)12)5-3-4-6-9/h10H,2-7H2,1H3,(H,11,12). The van der Waals surface area contributed by atoms with Gasteiger partial charge >= 0.3 is 5.97 Å². The second-order valence-electron chi connectivity index (χ2n) is 4.02. The van der Waals surface area contributed by atoms with E-state index in [9.17, 15) is 13.2 Å². The van der Waals surface area contributed by atoms with Crippen LogP contribution < -0.4 is 4.72 Å². The van der Waals surface area contributed by atoms with Crippen molar-refractivity contribution in [3.05, 3.63) is 0 Å². The van der Waals surface area contributed by atoms with Crippen molar-refractivity contribution in [2.75, 3.05) is 12.3 Å². The number of sulfonamides is 1. The molecule has 1 rings (SSSR count). The number of carbonyl (C=O) groups is 1. The first kappa shape index (κ1) is 12.4. The molecule has 2 N–H and O–H groups in total. The average molecular weight is 235 g/mol. The van der Waals surface area contributed by atoms with Crippen molar-refractivity contribution >= 4 is 16.0 Å². The third-order valence-corrected chi connectivity index (χ3v) is 4.37. The summed E-state index contributed by atoms with van der Waals surface area (Å²) in [6.45, 7) is 1.56. The molecule has 0 radical (unpaired) electrons. The third kappa shape index (κ3) is 2.92.